The third kappa shape index (κ3) is 9.09. The molecule has 0 aromatic heterocycles. The Morgan fingerprint density at radius 1 is 1.03 bits per heavy atom. The predicted molar refractivity (Wildman–Crippen MR) is 155 cm³/mol. The lowest BCUT2D eigenvalue weighted by Gasteiger charge is -2.40. The van der Waals surface area contributed by atoms with E-state index in [0.29, 0.717) is 12.1 Å². The Labute approximate surface area is 228 Å². The maximum atomic E-state index is 7.00. The van der Waals surface area contributed by atoms with Gasteiger partial charge >= 0.3 is 40.8 Å². The molecule has 0 aromatic carbocycles. The molecule has 8 nitrogen and oxygen atoms in total. The average Bonchev–Trinajstić information content (AvgIpc) is 2.70. The Bertz CT molecular complexity index is 609. The van der Waals surface area contributed by atoms with Crippen LogP contribution in [0.5, 0.6) is 0 Å². The van der Waals surface area contributed by atoms with Crippen LogP contribution in [0.4, 0.5) is 0 Å². The van der Waals surface area contributed by atoms with E-state index in [1.807, 2.05) is 6.92 Å². The molecule has 1 rings (SSSR count). The monoisotopic (exact) mass is 702 g/mol. The molecule has 1 aliphatic heterocycles. The Hall–Kier alpha value is 2.06. The van der Waals surface area contributed by atoms with Crippen molar-refractivity contribution < 1.29 is 31.7 Å². The smallest absolute Gasteiger partial charge is 0.377 e. The van der Waals surface area contributed by atoms with Gasteiger partial charge in [-0.1, -0.05) is 20.8 Å². The van der Waals surface area contributed by atoms with Crippen LogP contribution in [0.2, 0.25) is 56.9 Å². The van der Waals surface area contributed by atoms with Crippen molar-refractivity contribution in [2.75, 3.05) is 7.11 Å². The van der Waals surface area contributed by atoms with E-state index in [2.05, 4.69) is 67.0 Å². The fraction of sp³-hybridized carbons (Fsp3) is 1.00. The topological polar surface area (TPSA) is 73.8 Å². The minimum absolute atomic E-state index is 0.288. The quantitative estimate of drug-likeness (QED) is 0.117. The molecule has 1 heterocycles. The zero-order valence-corrected chi connectivity index (χ0v) is 31.2. The standard InChI is InChI=1S/C17H43IO8SSi6/c1-13-17(20-30(7,8)9)28(16(4)5)23-33(15-3,25-29(17)24-31(10,11)12)26-32(14-2,19-6)22-27-21-18/h16H,13-15H2,1-12H3/q+2. The second-order valence-corrected chi connectivity index (χ2v) is 33.3. The number of rotatable bonds is 14. The normalized spacial score (nSPS) is 26.7. The molecule has 0 aliphatic carbocycles. The largest absolute Gasteiger partial charge is 0.700 e. The molecule has 1 saturated heterocycles. The molecule has 0 bridgehead atoms. The van der Waals surface area contributed by atoms with Crippen molar-refractivity contribution in [3.63, 3.8) is 0 Å². The van der Waals surface area contributed by atoms with Crippen molar-refractivity contribution in [3.8, 4) is 0 Å². The second kappa shape index (κ2) is 13.2. The molecule has 0 N–H and O–H groups in total. The first-order chi connectivity index (χ1) is 15.1. The second-order valence-electron chi connectivity index (χ2n) is 10.2. The summed E-state index contributed by atoms with van der Waals surface area (Å²) in [6.45, 7) is 24.0. The SMILES string of the molecule is CCC1(O[Si](C)(C)C)[Si+](O[Si](C)(C)C)O[Si](CC)(O[Si](CC)(OC)OSOI)O[Si+]1C(C)C. The Balaban J connectivity index is 3.60. The minimum Gasteiger partial charge on any atom is -0.377 e. The van der Waals surface area contributed by atoms with E-state index in [1.54, 1.807) is 30.1 Å². The van der Waals surface area contributed by atoms with Crippen LogP contribution in [0.1, 0.15) is 41.0 Å². The van der Waals surface area contributed by atoms with E-state index in [0.717, 1.165) is 18.7 Å². The van der Waals surface area contributed by atoms with Crippen LogP contribution in [0.25, 0.3) is 0 Å². The maximum Gasteiger partial charge on any atom is 0.700 e. The summed E-state index contributed by atoms with van der Waals surface area (Å²) in [5.41, 5.74) is 0.288. The van der Waals surface area contributed by atoms with Crippen molar-refractivity contribution >= 4 is 87.9 Å². The van der Waals surface area contributed by atoms with Gasteiger partial charge in [-0.25, -0.2) is 6.63 Å². The molecule has 16 heteroatoms. The lowest BCUT2D eigenvalue weighted by Crippen LogP contribution is -2.78. The molecule has 194 valence electrons. The van der Waals surface area contributed by atoms with Gasteiger partial charge in [0.15, 0.2) is 20.6 Å². The summed E-state index contributed by atoms with van der Waals surface area (Å²) in [4.78, 5) is -0.520. The molecule has 3 atom stereocenters. The van der Waals surface area contributed by atoms with Crippen molar-refractivity contribution in [2.24, 2.45) is 0 Å². The minimum atomic E-state index is -3.19. The van der Waals surface area contributed by atoms with E-state index < -0.39 is 57.4 Å². The summed E-state index contributed by atoms with van der Waals surface area (Å²) in [7, 11) is -12.0. The van der Waals surface area contributed by atoms with Gasteiger partial charge in [0.1, 0.15) is 28.5 Å². The zero-order chi connectivity index (χ0) is 25.7. The molecule has 1 aliphatic rings. The first-order valence-corrected chi connectivity index (χ1v) is 26.5. The molecule has 0 radical (unpaired) electrons. The average molecular weight is 703 g/mol. The van der Waals surface area contributed by atoms with Crippen LogP contribution in [0, 0.1) is 0 Å². The summed E-state index contributed by atoms with van der Waals surface area (Å²) in [6, 6.07) is 1.18. The molecular formula is C17H43IO8SSi6+2. The van der Waals surface area contributed by atoms with Crippen LogP contribution < -0.4 is 0 Å². The number of hydrogen-bond donors (Lipinski definition) is 0. The summed E-state index contributed by atoms with van der Waals surface area (Å²) >= 11 is 2.65. The van der Waals surface area contributed by atoms with E-state index in [-0.39, 0.29) is 5.54 Å². The summed E-state index contributed by atoms with van der Waals surface area (Å²) < 4.78 is 51.3. The highest BCUT2D eigenvalue weighted by molar-refractivity contribution is 14.1. The van der Waals surface area contributed by atoms with E-state index >= 15 is 0 Å². The van der Waals surface area contributed by atoms with Crippen LogP contribution in [-0.2, 0) is 31.7 Å². The summed E-state index contributed by atoms with van der Waals surface area (Å²) in [5.74, 6) is 0. The van der Waals surface area contributed by atoms with Gasteiger partial charge in [-0.15, -0.1) is 0 Å². The molecule has 0 aromatic rings. The third-order valence-electron chi connectivity index (χ3n) is 4.82. The van der Waals surface area contributed by atoms with E-state index in [1.165, 1.54) is 0 Å². The van der Waals surface area contributed by atoms with Crippen molar-refractivity contribution in [2.45, 2.75) is 103 Å². The van der Waals surface area contributed by atoms with E-state index in [4.69, 9.17) is 31.7 Å². The van der Waals surface area contributed by atoms with Gasteiger partial charge in [0.2, 0.25) is 8.32 Å². The van der Waals surface area contributed by atoms with E-state index in [9.17, 15) is 0 Å². The highest BCUT2D eigenvalue weighted by Gasteiger charge is 2.86. The summed E-state index contributed by atoms with van der Waals surface area (Å²) in [5, 5.41) is 0. The van der Waals surface area contributed by atoms with Gasteiger partial charge in [0, 0.05) is 25.6 Å². The van der Waals surface area contributed by atoms with Gasteiger partial charge in [0.05, 0.1) is 0 Å². The van der Waals surface area contributed by atoms with Crippen LogP contribution in [0.3, 0.4) is 0 Å². The molecule has 3 unspecified atom stereocenters. The molecule has 0 amide bonds. The molecule has 0 spiro atoms. The third-order valence-corrected chi connectivity index (χ3v) is 24.9. The number of hydrogen-bond acceptors (Lipinski definition) is 9. The van der Waals surface area contributed by atoms with Crippen LogP contribution in [-0.4, -0.2) is 64.5 Å². The van der Waals surface area contributed by atoms with Crippen LogP contribution in [0.15, 0.2) is 0 Å². The molecule has 0 saturated carbocycles. The van der Waals surface area contributed by atoms with Gasteiger partial charge in [-0.3, -0.25) is 7.99 Å². The highest BCUT2D eigenvalue weighted by atomic mass is 127. The molecule has 33 heavy (non-hydrogen) atoms. The van der Waals surface area contributed by atoms with Crippen LogP contribution >= 0.6 is 35.3 Å². The van der Waals surface area contributed by atoms with Crippen molar-refractivity contribution in [3.05, 3.63) is 0 Å². The Morgan fingerprint density at radius 3 is 2.00 bits per heavy atom. The fourth-order valence-corrected chi connectivity index (χ4v) is 28.8. The van der Waals surface area contributed by atoms with Gasteiger partial charge in [-0.05, 0) is 53.1 Å². The highest BCUT2D eigenvalue weighted by Crippen LogP contribution is 2.43. The fourth-order valence-electron chi connectivity index (χ4n) is 3.49. The first-order valence-electron chi connectivity index (χ1n) is 11.5. The first kappa shape index (κ1) is 33.1. The Kier molecular flexibility index (Phi) is 13.3. The van der Waals surface area contributed by atoms with Gasteiger partial charge < -0.3 is 13.0 Å². The molecular weight excluding hydrogens is 660 g/mol. The maximum absolute atomic E-state index is 7.00. The predicted octanol–water partition coefficient (Wildman–Crippen LogP) is 6.38. The Morgan fingerprint density at radius 2 is 1.64 bits per heavy atom. The van der Waals surface area contributed by atoms with Crippen molar-refractivity contribution in [1.82, 2.24) is 0 Å². The van der Waals surface area contributed by atoms with Crippen molar-refractivity contribution in [1.29, 1.82) is 0 Å². The van der Waals surface area contributed by atoms with Gasteiger partial charge in [0.25, 0.3) is 0 Å². The number of halogens is 1. The summed E-state index contributed by atoms with van der Waals surface area (Å²) in [6.07, 6.45) is 0.798. The lowest BCUT2D eigenvalue weighted by atomic mass is 10.5. The molecule has 1 fully saturated rings. The zero-order valence-electron chi connectivity index (χ0n) is 22.3. The lowest BCUT2D eigenvalue weighted by molar-refractivity contribution is 0.0898. The van der Waals surface area contributed by atoms with Gasteiger partial charge in [-0.2, -0.15) is 4.12 Å².